The van der Waals surface area contributed by atoms with Gasteiger partial charge in [-0.3, -0.25) is 14.9 Å². The maximum atomic E-state index is 13.6. The molecule has 2 saturated heterocycles. The van der Waals surface area contributed by atoms with Crippen LogP contribution in [0, 0.1) is 0 Å². The van der Waals surface area contributed by atoms with Crippen molar-refractivity contribution in [1.29, 1.82) is 0 Å². The maximum Gasteiger partial charge on any atom is 0.331 e. The number of nitrogens with zero attached hydrogens (tertiary/aromatic N) is 3. The molecule has 212 valence electrons. The summed E-state index contributed by atoms with van der Waals surface area (Å²) in [4.78, 5) is 48.8. The number of benzene rings is 2. The predicted molar refractivity (Wildman–Crippen MR) is 157 cm³/mol. The van der Waals surface area contributed by atoms with Crippen LogP contribution < -0.4 is 15.1 Å². The van der Waals surface area contributed by atoms with Crippen LogP contribution in [0.2, 0.25) is 0 Å². The summed E-state index contributed by atoms with van der Waals surface area (Å²) < 4.78 is 5.81. The van der Waals surface area contributed by atoms with Crippen molar-refractivity contribution in [2.24, 2.45) is 0 Å². The van der Waals surface area contributed by atoms with Crippen molar-refractivity contribution < 1.29 is 19.1 Å². The van der Waals surface area contributed by atoms with Crippen LogP contribution >= 0.6 is 0 Å². The van der Waals surface area contributed by atoms with Crippen LogP contribution in [0.4, 0.5) is 16.2 Å². The van der Waals surface area contributed by atoms with Crippen LogP contribution in [0.1, 0.15) is 45.6 Å². The fourth-order valence-electron chi connectivity index (χ4n) is 5.76. The van der Waals surface area contributed by atoms with Crippen molar-refractivity contribution >= 4 is 40.2 Å². The number of esters is 1. The van der Waals surface area contributed by atoms with Gasteiger partial charge in [-0.25, -0.2) is 9.69 Å². The summed E-state index contributed by atoms with van der Waals surface area (Å²) in [6.07, 6.45) is 4.08. The van der Waals surface area contributed by atoms with E-state index in [1.165, 1.54) is 4.90 Å². The van der Waals surface area contributed by atoms with Gasteiger partial charge in [-0.2, -0.15) is 0 Å². The van der Waals surface area contributed by atoms with E-state index in [9.17, 15) is 14.4 Å². The fourth-order valence-corrected chi connectivity index (χ4v) is 5.76. The van der Waals surface area contributed by atoms with Crippen LogP contribution in [0.5, 0.6) is 0 Å². The van der Waals surface area contributed by atoms with Crippen molar-refractivity contribution in [2.75, 3.05) is 30.4 Å². The molecule has 0 spiro atoms. The normalized spacial score (nSPS) is 20.4. The van der Waals surface area contributed by atoms with E-state index < -0.39 is 11.6 Å². The number of fused-ring (bicyclic) bond motifs is 2. The summed E-state index contributed by atoms with van der Waals surface area (Å²) >= 11 is 0. The largest absolute Gasteiger partial charge is 0.459 e. The number of H-pyrrole nitrogens is 1. The molecule has 2 aromatic carbocycles. The van der Waals surface area contributed by atoms with Crippen molar-refractivity contribution in [3.63, 3.8) is 0 Å². The molecule has 0 saturated carbocycles. The number of rotatable bonds is 7. The highest BCUT2D eigenvalue weighted by Crippen LogP contribution is 2.32. The van der Waals surface area contributed by atoms with Gasteiger partial charge in [-0.1, -0.05) is 18.2 Å². The van der Waals surface area contributed by atoms with E-state index in [4.69, 9.17) is 4.74 Å². The number of para-hydroxylation sites is 1. The van der Waals surface area contributed by atoms with Crippen molar-refractivity contribution in [3.05, 3.63) is 60.3 Å². The van der Waals surface area contributed by atoms with Crippen molar-refractivity contribution in [3.8, 4) is 0 Å². The lowest BCUT2D eigenvalue weighted by Gasteiger charge is -2.47. The zero-order valence-electron chi connectivity index (χ0n) is 23.9. The van der Waals surface area contributed by atoms with E-state index in [0.29, 0.717) is 18.7 Å². The molecule has 0 aliphatic carbocycles. The first-order valence-electron chi connectivity index (χ1n) is 14.0. The Morgan fingerprint density at radius 1 is 1.12 bits per heavy atom. The van der Waals surface area contributed by atoms with Gasteiger partial charge in [0.1, 0.15) is 11.6 Å². The number of anilines is 2. The SMILES string of the molecule is CN(C)c1ccc(N2C(=O)CC3[C@H](N[C@@H](Cc4c[nH]c5ccccc45)C(=O)OC(C)(C)C)CCCN3C2=O)cc1. The Kier molecular flexibility index (Phi) is 7.59. The monoisotopic (exact) mass is 545 g/mol. The number of imide groups is 1. The number of hydrogen-bond donors (Lipinski definition) is 2. The van der Waals surface area contributed by atoms with Gasteiger partial charge in [-0.15, -0.1) is 0 Å². The lowest BCUT2D eigenvalue weighted by molar-refractivity contribution is -0.157. The first-order valence-corrected chi connectivity index (χ1v) is 14.0. The van der Waals surface area contributed by atoms with Crippen LogP contribution in [-0.2, 0) is 20.7 Å². The highest BCUT2D eigenvalue weighted by molar-refractivity contribution is 6.16. The Hall–Kier alpha value is -3.85. The van der Waals surface area contributed by atoms with Gasteiger partial charge in [0.2, 0.25) is 5.91 Å². The fraction of sp³-hybridized carbons (Fsp3) is 0.452. The third-order valence-corrected chi connectivity index (χ3v) is 7.68. The van der Waals surface area contributed by atoms with Gasteiger partial charge >= 0.3 is 12.0 Å². The van der Waals surface area contributed by atoms with E-state index in [1.54, 1.807) is 4.90 Å². The van der Waals surface area contributed by atoms with Gasteiger partial charge in [0.15, 0.2) is 0 Å². The number of nitrogens with one attached hydrogen (secondary N) is 2. The molecule has 3 amide bonds. The summed E-state index contributed by atoms with van der Waals surface area (Å²) in [5.74, 6) is -0.575. The highest BCUT2D eigenvalue weighted by Gasteiger charge is 2.45. The Bertz CT molecular complexity index is 1390. The molecule has 1 unspecified atom stereocenters. The molecule has 40 heavy (non-hydrogen) atoms. The molecular formula is C31H39N5O4. The highest BCUT2D eigenvalue weighted by atomic mass is 16.6. The van der Waals surface area contributed by atoms with Crippen LogP contribution in [0.25, 0.3) is 10.9 Å². The molecule has 2 fully saturated rings. The van der Waals surface area contributed by atoms with Gasteiger partial charge < -0.3 is 19.5 Å². The molecule has 1 aromatic heterocycles. The number of amides is 3. The van der Waals surface area contributed by atoms with Crippen LogP contribution in [0.15, 0.2) is 54.7 Å². The molecule has 0 bridgehead atoms. The smallest absolute Gasteiger partial charge is 0.331 e. The molecule has 2 N–H and O–H groups in total. The van der Waals surface area contributed by atoms with Gasteiger partial charge in [-0.05, 0) is 69.5 Å². The molecule has 2 aliphatic heterocycles. The lowest BCUT2D eigenvalue weighted by Crippen LogP contribution is -2.66. The van der Waals surface area contributed by atoms with Gasteiger partial charge in [0.05, 0.1) is 11.7 Å². The Morgan fingerprint density at radius 3 is 2.55 bits per heavy atom. The minimum Gasteiger partial charge on any atom is -0.459 e. The molecule has 3 heterocycles. The minimum atomic E-state index is -0.644. The number of ether oxygens (including phenoxy) is 1. The number of aromatic nitrogens is 1. The summed E-state index contributed by atoms with van der Waals surface area (Å²) in [5, 5.41) is 4.60. The average molecular weight is 546 g/mol. The predicted octanol–water partition coefficient (Wildman–Crippen LogP) is 4.47. The van der Waals surface area contributed by atoms with E-state index in [0.717, 1.165) is 35.0 Å². The van der Waals surface area contributed by atoms with Gasteiger partial charge in [0.25, 0.3) is 0 Å². The Labute approximate surface area is 235 Å². The quantitative estimate of drug-likeness (QED) is 0.426. The summed E-state index contributed by atoms with van der Waals surface area (Å²) in [6.45, 7) is 6.14. The molecule has 3 atom stereocenters. The van der Waals surface area contributed by atoms with E-state index in [-0.39, 0.29) is 36.4 Å². The topological polar surface area (TPSA) is 98.0 Å². The number of piperidine rings is 1. The second-order valence-electron chi connectivity index (χ2n) is 12.0. The third kappa shape index (κ3) is 5.70. The summed E-state index contributed by atoms with van der Waals surface area (Å²) in [7, 11) is 3.89. The van der Waals surface area contributed by atoms with Crippen molar-refractivity contribution in [1.82, 2.24) is 15.2 Å². The van der Waals surface area contributed by atoms with Crippen molar-refractivity contribution in [2.45, 2.75) is 70.2 Å². The number of aromatic amines is 1. The second-order valence-corrected chi connectivity index (χ2v) is 12.0. The Morgan fingerprint density at radius 2 is 1.85 bits per heavy atom. The zero-order chi connectivity index (χ0) is 28.6. The zero-order valence-corrected chi connectivity index (χ0v) is 23.9. The third-order valence-electron chi connectivity index (χ3n) is 7.68. The molecule has 3 aromatic rings. The average Bonchev–Trinajstić information content (AvgIpc) is 3.31. The Balaban J connectivity index is 1.37. The second kappa shape index (κ2) is 11.0. The molecule has 9 nitrogen and oxygen atoms in total. The maximum absolute atomic E-state index is 13.6. The summed E-state index contributed by atoms with van der Waals surface area (Å²) in [6, 6.07) is 13.9. The number of carbonyl (C=O) groups is 3. The molecule has 9 heteroatoms. The van der Waals surface area contributed by atoms with Crippen LogP contribution in [-0.4, -0.2) is 72.2 Å². The van der Waals surface area contributed by atoms with E-state index in [2.05, 4.69) is 10.3 Å². The standard InChI is InChI=1S/C31H39N5O4/c1-31(2,3)40-29(38)26(17-20-19-32-24-10-7-6-9-23(20)24)33-25-11-8-16-35-27(25)18-28(37)36(30(35)39)22-14-12-21(13-15-22)34(4)5/h6-7,9-10,12-15,19,25-27,32-33H,8,11,16-18H2,1-5H3/t25-,26+,27?/m1/s1. The molecule has 0 radical (unpaired) electrons. The number of urea groups is 1. The van der Waals surface area contributed by atoms with Crippen LogP contribution in [0.3, 0.4) is 0 Å². The van der Waals surface area contributed by atoms with E-state index >= 15 is 0 Å². The molecule has 5 rings (SSSR count). The molecule has 2 aliphatic rings. The van der Waals surface area contributed by atoms with Gasteiger partial charge in [0, 0.05) is 62.3 Å². The number of carbonyl (C=O) groups excluding carboxylic acids is 3. The first kappa shape index (κ1) is 27.7. The minimum absolute atomic E-state index is 0.187. The summed E-state index contributed by atoms with van der Waals surface area (Å²) in [5.41, 5.74) is 2.93. The molecular weight excluding hydrogens is 506 g/mol. The first-order chi connectivity index (χ1) is 19.0. The van der Waals surface area contributed by atoms with E-state index in [1.807, 2.05) is 94.5 Å². The lowest BCUT2D eigenvalue weighted by atomic mass is 9.90. The number of hydrogen-bond acceptors (Lipinski definition) is 6.